The average Bonchev–Trinajstić information content (AvgIpc) is 2.52. The second-order valence-electron chi connectivity index (χ2n) is 7.04. The molecule has 1 atom stereocenters. The summed E-state index contributed by atoms with van der Waals surface area (Å²) in [7, 11) is 0. The molecular formula is C20H23NO4. The maximum atomic E-state index is 12.5. The fourth-order valence-corrected chi connectivity index (χ4v) is 2.80. The van der Waals surface area contributed by atoms with E-state index in [4.69, 9.17) is 5.11 Å². The van der Waals surface area contributed by atoms with E-state index in [1.165, 1.54) is 13.0 Å². The van der Waals surface area contributed by atoms with Crippen molar-refractivity contribution in [3.8, 4) is 0 Å². The molecule has 1 aliphatic rings. The lowest BCUT2D eigenvalue weighted by Crippen LogP contribution is -2.33. The number of ketones is 1. The van der Waals surface area contributed by atoms with Gasteiger partial charge in [0.2, 0.25) is 0 Å². The molecule has 0 unspecified atom stereocenters. The smallest absolute Gasteiger partial charge is 0.328 e. The SMILES string of the molecule is C[C@@H](N=C1CC(C)(C)CC(=O)C1=C(O)/C=C/c1ccccc1)C(=O)O. The molecule has 1 aromatic carbocycles. The van der Waals surface area contributed by atoms with Crippen LogP contribution in [-0.4, -0.2) is 33.7 Å². The minimum atomic E-state index is -1.07. The molecule has 0 heterocycles. The number of aliphatic hydroxyl groups is 1. The third-order valence-corrected chi connectivity index (χ3v) is 4.05. The number of allylic oxidation sites excluding steroid dienone is 2. The lowest BCUT2D eigenvalue weighted by Gasteiger charge is -2.31. The van der Waals surface area contributed by atoms with E-state index >= 15 is 0 Å². The molecule has 5 heteroatoms. The Morgan fingerprint density at radius 1 is 1.20 bits per heavy atom. The van der Waals surface area contributed by atoms with Gasteiger partial charge in [0.05, 0.1) is 11.3 Å². The highest BCUT2D eigenvalue weighted by Gasteiger charge is 2.36. The predicted molar refractivity (Wildman–Crippen MR) is 97.7 cm³/mol. The van der Waals surface area contributed by atoms with Crippen LogP contribution in [-0.2, 0) is 9.59 Å². The van der Waals surface area contributed by atoms with Crippen LogP contribution in [0.3, 0.4) is 0 Å². The molecule has 1 aliphatic carbocycles. The number of hydrogen-bond acceptors (Lipinski definition) is 4. The number of carbonyl (C=O) groups is 2. The molecule has 1 saturated carbocycles. The Balaban J connectivity index is 2.43. The second-order valence-corrected chi connectivity index (χ2v) is 7.04. The predicted octanol–water partition coefficient (Wildman–Crippen LogP) is 3.82. The largest absolute Gasteiger partial charge is 0.507 e. The van der Waals surface area contributed by atoms with Crippen LogP contribution in [0.15, 0.2) is 52.7 Å². The summed E-state index contributed by atoms with van der Waals surface area (Å²) in [6.45, 7) is 5.31. The molecule has 0 bridgehead atoms. The molecule has 25 heavy (non-hydrogen) atoms. The topological polar surface area (TPSA) is 87.0 Å². The zero-order valence-corrected chi connectivity index (χ0v) is 14.7. The first-order valence-corrected chi connectivity index (χ1v) is 8.19. The van der Waals surface area contributed by atoms with E-state index in [2.05, 4.69) is 4.99 Å². The second kappa shape index (κ2) is 7.47. The van der Waals surface area contributed by atoms with Crippen LogP contribution in [0.25, 0.3) is 6.08 Å². The number of benzene rings is 1. The Morgan fingerprint density at radius 2 is 1.84 bits per heavy atom. The first kappa shape index (κ1) is 18.6. The summed E-state index contributed by atoms with van der Waals surface area (Å²) in [5.41, 5.74) is 1.04. The molecule has 0 radical (unpaired) electrons. The quantitative estimate of drug-likeness (QED) is 0.644. The number of aliphatic hydroxyl groups excluding tert-OH is 1. The molecule has 132 valence electrons. The zero-order chi connectivity index (χ0) is 18.6. The van der Waals surface area contributed by atoms with Gasteiger partial charge in [-0.05, 0) is 30.4 Å². The Labute approximate surface area is 147 Å². The van der Waals surface area contributed by atoms with Crippen molar-refractivity contribution in [2.75, 3.05) is 0 Å². The molecule has 0 aromatic heterocycles. The van der Waals surface area contributed by atoms with Gasteiger partial charge in [-0.3, -0.25) is 9.79 Å². The van der Waals surface area contributed by atoms with E-state index in [0.717, 1.165) is 5.56 Å². The Kier molecular flexibility index (Phi) is 5.57. The zero-order valence-electron chi connectivity index (χ0n) is 14.7. The fourth-order valence-electron chi connectivity index (χ4n) is 2.80. The van der Waals surface area contributed by atoms with Crippen molar-refractivity contribution in [2.24, 2.45) is 10.4 Å². The normalized spacial score (nSPS) is 22.2. The maximum absolute atomic E-state index is 12.5. The van der Waals surface area contributed by atoms with E-state index in [-0.39, 0.29) is 29.0 Å². The number of carboxylic acids is 1. The highest BCUT2D eigenvalue weighted by molar-refractivity contribution is 6.25. The minimum Gasteiger partial charge on any atom is -0.507 e. The van der Waals surface area contributed by atoms with E-state index in [9.17, 15) is 14.7 Å². The Bertz CT molecular complexity index is 757. The van der Waals surface area contributed by atoms with Crippen LogP contribution in [0.2, 0.25) is 0 Å². The molecule has 0 spiro atoms. The van der Waals surface area contributed by atoms with Crippen molar-refractivity contribution in [3.63, 3.8) is 0 Å². The van der Waals surface area contributed by atoms with Crippen LogP contribution in [0.1, 0.15) is 39.2 Å². The summed E-state index contributed by atoms with van der Waals surface area (Å²) >= 11 is 0. The van der Waals surface area contributed by atoms with Gasteiger partial charge in [-0.25, -0.2) is 4.79 Å². The van der Waals surface area contributed by atoms with E-state index < -0.39 is 12.0 Å². The van der Waals surface area contributed by atoms with Gasteiger partial charge in [0.1, 0.15) is 11.8 Å². The Hall–Kier alpha value is -2.69. The third-order valence-electron chi connectivity index (χ3n) is 4.05. The van der Waals surface area contributed by atoms with Crippen molar-refractivity contribution in [1.82, 2.24) is 0 Å². The van der Waals surface area contributed by atoms with Crippen LogP contribution in [0.4, 0.5) is 0 Å². The number of carboxylic acid groups (broad SMARTS) is 1. The number of aliphatic carboxylic acids is 1. The summed E-state index contributed by atoms with van der Waals surface area (Å²) in [4.78, 5) is 27.8. The lowest BCUT2D eigenvalue weighted by molar-refractivity contribution is -0.138. The standard InChI is InChI=1S/C20H23NO4/c1-13(19(24)25)21-15-11-20(2,3)12-17(23)18(15)16(22)10-9-14-7-5-4-6-8-14/h4-10,13,22H,11-12H2,1-3H3,(H,24,25)/b10-9+,18-16?,21-15?/t13-/m1/s1. The maximum Gasteiger partial charge on any atom is 0.328 e. The molecule has 0 saturated heterocycles. The summed E-state index contributed by atoms with van der Waals surface area (Å²) in [5, 5.41) is 19.5. The van der Waals surface area contributed by atoms with Gasteiger partial charge in [-0.2, -0.15) is 0 Å². The number of aliphatic imine (C=N–C) groups is 1. The molecule has 0 aliphatic heterocycles. The van der Waals surface area contributed by atoms with E-state index in [1.807, 2.05) is 44.2 Å². The summed E-state index contributed by atoms with van der Waals surface area (Å²) < 4.78 is 0. The van der Waals surface area contributed by atoms with Crippen molar-refractivity contribution in [3.05, 3.63) is 53.3 Å². The van der Waals surface area contributed by atoms with Gasteiger partial charge < -0.3 is 10.2 Å². The number of Topliss-reactive ketones (excluding diaryl/α,β-unsaturated/α-hetero) is 1. The Morgan fingerprint density at radius 3 is 2.44 bits per heavy atom. The molecule has 0 amide bonds. The lowest BCUT2D eigenvalue weighted by atomic mass is 9.73. The van der Waals surface area contributed by atoms with Gasteiger partial charge in [0.25, 0.3) is 0 Å². The van der Waals surface area contributed by atoms with Crippen molar-refractivity contribution < 1.29 is 19.8 Å². The van der Waals surface area contributed by atoms with Crippen LogP contribution >= 0.6 is 0 Å². The molecule has 5 nitrogen and oxygen atoms in total. The average molecular weight is 341 g/mol. The molecular weight excluding hydrogens is 318 g/mol. The molecule has 1 aromatic rings. The van der Waals surface area contributed by atoms with Crippen LogP contribution < -0.4 is 0 Å². The van der Waals surface area contributed by atoms with Crippen LogP contribution in [0.5, 0.6) is 0 Å². The number of nitrogens with zero attached hydrogens (tertiary/aromatic N) is 1. The van der Waals surface area contributed by atoms with Crippen molar-refractivity contribution in [1.29, 1.82) is 0 Å². The fraction of sp³-hybridized carbons (Fsp3) is 0.350. The minimum absolute atomic E-state index is 0.125. The van der Waals surface area contributed by atoms with Crippen molar-refractivity contribution >= 4 is 23.5 Å². The monoisotopic (exact) mass is 341 g/mol. The molecule has 2 N–H and O–H groups in total. The van der Waals surface area contributed by atoms with Gasteiger partial charge in [-0.1, -0.05) is 50.3 Å². The summed E-state index contributed by atoms with van der Waals surface area (Å²) in [6, 6.07) is 8.42. The summed E-state index contributed by atoms with van der Waals surface area (Å²) in [5.74, 6) is -1.47. The van der Waals surface area contributed by atoms with Gasteiger partial charge in [-0.15, -0.1) is 0 Å². The number of rotatable bonds is 4. The first-order chi connectivity index (χ1) is 11.7. The molecule has 1 fully saturated rings. The highest BCUT2D eigenvalue weighted by Crippen LogP contribution is 2.35. The van der Waals surface area contributed by atoms with Gasteiger partial charge in [0.15, 0.2) is 5.78 Å². The number of hydrogen-bond donors (Lipinski definition) is 2. The third kappa shape index (κ3) is 4.89. The van der Waals surface area contributed by atoms with Gasteiger partial charge in [0, 0.05) is 6.42 Å². The van der Waals surface area contributed by atoms with Crippen molar-refractivity contribution in [2.45, 2.75) is 39.7 Å². The first-order valence-electron chi connectivity index (χ1n) is 8.19. The van der Waals surface area contributed by atoms with Gasteiger partial charge >= 0.3 is 5.97 Å². The molecule has 2 rings (SSSR count). The van der Waals surface area contributed by atoms with E-state index in [1.54, 1.807) is 6.08 Å². The van der Waals surface area contributed by atoms with E-state index in [0.29, 0.717) is 12.1 Å². The highest BCUT2D eigenvalue weighted by atomic mass is 16.4. The summed E-state index contributed by atoms with van der Waals surface area (Å²) in [6.07, 6.45) is 3.89. The number of carbonyl (C=O) groups excluding carboxylic acids is 1. The van der Waals surface area contributed by atoms with Crippen LogP contribution in [0, 0.1) is 5.41 Å².